The number of phenols is 1. The minimum absolute atomic E-state index is 0.0153. The number of rotatable bonds is 5. The number of carbonyl (C=O) groups is 1. The van der Waals surface area contributed by atoms with Crippen LogP contribution in [0.25, 0.3) is 11.6 Å². The molecule has 0 unspecified atom stereocenters. The van der Waals surface area contributed by atoms with Gasteiger partial charge in [0.05, 0.1) is 5.57 Å². The average molecular weight is 379 g/mol. The average Bonchev–Trinajstić information content (AvgIpc) is 3.24. The SMILES string of the molecule is O=C(O)/C(=C/c1cccc(O)c1)c1ccc(S(=O)(=O)N2CCCC2)s1. The van der Waals surface area contributed by atoms with E-state index in [-0.39, 0.29) is 15.5 Å². The summed E-state index contributed by atoms with van der Waals surface area (Å²) in [6.45, 7) is 1.00. The molecule has 0 atom stereocenters. The standard InChI is InChI=1S/C17H17NO5S2/c19-13-5-3-4-12(10-13)11-14(17(20)21)15-6-7-16(24-15)25(22,23)18-8-1-2-9-18/h3-7,10-11,19H,1-2,8-9H2,(H,20,21)/b14-11+. The predicted octanol–water partition coefficient (Wildman–Crippen LogP) is 2.86. The number of nitrogens with zero attached hydrogens (tertiary/aromatic N) is 1. The van der Waals surface area contributed by atoms with Gasteiger partial charge in [-0.1, -0.05) is 12.1 Å². The first kappa shape index (κ1) is 17.7. The Balaban J connectivity index is 1.97. The minimum atomic E-state index is -3.56. The Morgan fingerprint density at radius 2 is 1.88 bits per heavy atom. The summed E-state index contributed by atoms with van der Waals surface area (Å²) in [5, 5.41) is 19.0. The highest BCUT2D eigenvalue weighted by Crippen LogP contribution is 2.32. The Morgan fingerprint density at radius 3 is 2.52 bits per heavy atom. The molecule has 1 saturated heterocycles. The van der Waals surface area contributed by atoms with Crippen LogP contribution in [0, 0.1) is 0 Å². The summed E-state index contributed by atoms with van der Waals surface area (Å²) in [5.74, 6) is -1.13. The summed E-state index contributed by atoms with van der Waals surface area (Å²) in [5.41, 5.74) is 0.508. The Bertz CT molecular complexity index is 924. The number of phenolic OH excluding ortho intramolecular Hbond substituents is 1. The van der Waals surface area contributed by atoms with Crippen LogP contribution in [0.2, 0.25) is 0 Å². The highest BCUT2D eigenvalue weighted by atomic mass is 32.2. The lowest BCUT2D eigenvalue weighted by atomic mass is 10.1. The Morgan fingerprint density at radius 1 is 1.16 bits per heavy atom. The molecule has 3 rings (SSSR count). The zero-order valence-electron chi connectivity index (χ0n) is 13.3. The van der Waals surface area contributed by atoms with E-state index in [0.717, 1.165) is 24.2 Å². The molecule has 0 amide bonds. The van der Waals surface area contributed by atoms with Crippen LogP contribution in [0.5, 0.6) is 5.75 Å². The van der Waals surface area contributed by atoms with Gasteiger partial charge in [0, 0.05) is 18.0 Å². The third-order valence-corrected chi connectivity index (χ3v) is 7.40. The lowest BCUT2D eigenvalue weighted by molar-refractivity contribution is -0.130. The second-order valence-corrected chi connectivity index (χ2v) is 8.94. The fourth-order valence-corrected chi connectivity index (χ4v) is 5.66. The van der Waals surface area contributed by atoms with Crippen LogP contribution in [-0.2, 0) is 14.8 Å². The van der Waals surface area contributed by atoms with E-state index in [9.17, 15) is 23.4 Å². The van der Waals surface area contributed by atoms with E-state index >= 15 is 0 Å². The Kier molecular flexibility index (Phi) is 4.94. The first-order valence-electron chi connectivity index (χ1n) is 7.72. The molecule has 1 aliphatic heterocycles. The molecule has 8 heteroatoms. The molecule has 25 heavy (non-hydrogen) atoms. The fraction of sp³-hybridized carbons (Fsp3) is 0.235. The van der Waals surface area contributed by atoms with Gasteiger partial charge in [-0.15, -0.1) is 11.3 Å². The van der Waals surface area contributed by atoms with Crippen LogP contribution in [0.15, 0.2) is 40.6 Å². The molecule has 2 N–H and O–H groups in total. The molecule has 0 saturated carbocycles. The number of thiophene rings is 1. The monoisotopic (exact) mass is 379 g/mol. The largest absolute Gasteiger partial charge is 0.508 e. The third kappa shape index (κ3) is 3.76. The van der Waals surface area contributed by atoms with Crippen molar-refractivity contribution in [1.29, 1.82) is 0 Å². The van der Waals surface area contributed by atoms with E-state index in [1.165, 1.54) is 34.6 Å². The summed E-state index contributed by atoms with van der Waals surface area (Å²) in [7, 11) is -3.56. The van der Waals surface area contributed by atoms with Crippen molar-refractivity contribution in [2.45, 2.75) is 17.1 Å². The maximum absolute atomic E-state index is 12.6. The zero-order chi connectivity index (χ0) is 18.0. The van der Waals surface area contributed by atoms with Crippen molar-refractivity contribution in [2.24, 2.45) is 0 Å². The summed E-state index contributed by atoms with van der Waals surface area (Å²) in [4.78, 5) is 12.0. The molecule has 1 aromatic carbocycles. The van der Waals surface area contributed by atoms with Gasteiger partial charge in [-0.05, 0) is 48.7 Å². The highest BCUT2D eigenvalue weighted by Gasteiger charge is 2.29. The first-order chi connectivity index (χ1) is 11.9. The maximum atomic E-state index is 12.6. The maximum Gasteiger partial charge on any atom is 0.337 e. The molecule has 1 aromatic heterocycles. The molecule has 2 heterocycles. The van der Waals surface area contributed by atoms with Crippen LogP contribution < -0.4 is 0 Å². The minimum Gasteiger partial charge on any atom is -0.508 e. The molecule has 0 aliphatic carbocycles. The van der Waals surface area contributed by atoms with Crippen molar-refractivity contribution in [3.8, 4) is 5.75 Å². The van der Waals surface area contributed by atoms with Gasteiger partial charge in [0.15, 0.2) is 0 Å². The van der Waals surface area contributed by atoms with Gasteiger partial charge in [-0.2, -0.15) is 4.31 Å². The molecule has 132 valence electrons. The van der Waals surface area contributed by atoms with E-state index in [2.05, 4.69) is 0 Å². The normalized spacial score (nSPS) is 16.2. The molecule has 1 fully saturated rings. The number of carboxylic acids is 1. The molecule has 1 aliphatic rings. The molecule has 0 radical (unpaired) electrons. The summed E-state index contributed by atoms with van der Waals surface area (Å²) < 4.78 is 26.7. The van der Waals surface area contributed by atoms with Crippen molar-refractivity contribution in [3.63, 3.8) is 0 Å². The lowest BCUT2D eigenvalue weighted by Crippen LogP contribution is -2.27. The number of sulfonamides is 1. The molecule has 6 nitrogen and oxygen atoms in total. The molecular weight excluding hydrogens is 362 g/mol. The number of aliphatic carboxylic acids is 1. The van der Waals surface area contributed by atoms with Crippen LogP contribution >= 0.6 is 11.3 Å². The molecular formula is C17H17NO5S2. The number of benzene rings is 1. The predicted molar refractivity (Wildman–Crippen MR) is 95.9 cm³/mol. The summed E-state index contributed by atoms with van der Waals surface area (Å²) in [6.07, 6.45) is 3.10. The van der Waals surface area contributed by atoms with Crippen LogP contribution in [0.3, 0.4) is 0 Å². The number of carboxylic acid groups (broad SMARTS) is 1. The fourth-order valence-electron chi connectivity index (χ4n) is 2.68. The Hall–Kier alpha value is -2.16. The van der Waals surface area contributed by atoms with Gasteiger partial charge >= 0.3 is 5.97 Å². The number of hydrogen-bond acceptors (Lipinski definition) is 5. The van der Waals surface area contributed by atoms with Crippen molar-refractivity contribution < 1.29 is 23.4 Å². The van der Waals surface area contributed by atoms with E-state index in [1.54, 1.807) is 12.1 Å². The van der Waals surface area contributed by atoms with Gasteiger partial charge in [0.25, 0.3) is 10.0 Å². The van der Waals surface area contributed by atoms with E-state index in [1.807, 2.05) is 0 Å². The Labute approximate surface area is 149 Å². The van der Waals surface area contributed by atoms with Crippen molar-refractivity contribution >= 4 is 39.0 Å². The van der Waals surface area contributed by atoms with Crippen molar-refractivity contribution in [1.82, 2.24) is 4.31 Å². The van der Waals surface area contributed by atoms with Gasteiger partial charge in [0.2, 0.25) is 0 Å². The van der Waals surface area contributed by atoms with Gasteiger partial charge in [0.1, 0.15) is 9.96 Å². The highest BCUT2D eigenvalue weighted by molar-refractivity contribution is 7.91. The first-order valence-corrected chi connectivity index (χ1v) is 9.98. The van der Waals surface area contributed by atoms with E-state index in [0.29, 0.717) is 23.5 Å². The van der Waals surface area contributed by atoms with Crippen molar-refractivity contribution in [3.05, 3.63) is 46.8 Å². The quantitative estimate of drug-likeness (QED) is 0.779. The molecule has 2 aromatic rings. The smallest absolute Gasteiger partial charge is 0.337 e. The zero-order valence-corrected chi connectivity index (χ0v) is 14.9. The van der Waals surface area contributed by atoms with Crippen LogP contribution in [0.4, 0.5) is 0 Å². The van der Waals surface area contributed by atoms with Crippen LogP contribution in [-0.4, -0.2) is 42.0 Å². The lowest BCUT2D eigenvalue weighted by Gasteiger charge is -2.13. The van der Waals surface area contributed by atoms with E-state index in [4.69, 9.17) is 0 Å². The van der Waals surface area contributed by atoms with Gasteiger partial charge < -0.3 is 10.2 Å². The number of hydrogen-bond donors (Lipinski definition) is 2. The topological polar surface area (TPSA) is 94.9 Å². The van der Waals surface area contributed by atoms with E-state index < -0.39 is 16.0 Å². The molecule has 0 spiro atoms. The second kappa shape index (κ2) is 6.99. The third-order valence-electron chi connectivity index (χ3n) is 3.92. The summed E-state index contributed by atoms with van der Waals surface area (Å²) in [6, 6.07) is 9.17. The number of aromatic hydroxyl groups is 1. The second-order valence-electron chi connectivity index (χ2n) is 5.69. The summed E-state index contributed by atoms with van der Waals surface area (Å²) >= 11 is 0.945. The van der Waals surface area contributed by atoms with Crippen molar-refractivity contribution in [2.75, 3.05) is 13.1 Å². The van der Waals surface area contributed by atoms with Crippen LogP contribution in [0.1, 0.15) is 23.3 Å². The van der Waals surface area contributed by atoms with Gasteiger partial charge in [-0.3, -0.25) is 0 Å². The van der Waals surface area contributed by atoms with Gasteiger partial charge in [-0.25, -0.2) is 13.2 Å². The molecule has 0 bridgehead atoms.